The lowest BCUT2D eigenvalue weighted by molar-refractivity contribution is -0.686. The van der Waals surface area contributed by atoms with Crippen molar-refractivity contribution in [2.75, 3.05) is 11.9 Å². The number of amides is 1. The minimum absolute atomic E-state index is 0. The Labute approximate surface area is 288 Å². The molecular weight excluding hydrogens is 634 g/mol. The number of unbranched alkanes of at least 4 members (excludes halogenated alkanes) is 11. The molecule has 2 heterocycles. The number of halogens is 1. The van der Waals surface area contributed by atoms with Gasteiger partial charge in [0.15, 0.2) is 5.52 Å². The molecule has 1 amide bonds. The maximum Gasteiger partial charge on any atom is 0.249 e. The minimum atomic E-state index is -0.0346. The fourth-order valence-electron chi connectivity index (χ4n) is 6.03. The van der Waals surface area contributed by atoms with E-state index >= 15 is 0 Å². The van der Waals surface area contributed by atoms with Crippen LogP contribution in [0.3, 0.4) is 0 Å². The monoisotopic (exact) mass is 689 g/mol. The molecule has 0 unspecified atom stereocenters. The molecule has 2 aromatic carbocycles. The van der Waals surface area contributed by atoms with Gasteiger partial charge < -0.3 is 27.0 Å². The zero-order chi connectivity index (χ0) is 31.9. The number of fused-ring (bicyclic) bond motifs is 1. The van der Waals surface area contributed by atoms with E-state index in [0.717, 1.165) is 41.1 Å². The van der Waals surface area contributed by atoms with Crippen molar-refractivity contribution in [3.05, 3.63) is 96.1 Å². The highest BCUT2D eigenvalue weighted by molar-refractivity contribution is 5.93. The third-order valence-electron chi connectivity index (χ3n) is 8.61. The maximum atomic E-state index is 13.2. The molecule has 46 heavy (non-hydrogen) atoms. The fraction of sp³-hybridized carbons (Fsp3) is 0.500. The summed E-state index contributed by atoms with van der Waals surface area (Å²) in [5.41, 5.74) is 5.17. The number of pyridine rings is 1. The summed E-state index contributed by atoms with van der Waals surface area (Å²) < 4.78 is 10.6. The van der Waals surface area contributed by atoms with Crippen molar-refractivity contribution in [2.45, 2.75) is 123 Å². The highest BCUT2D eigenvalue weighted by Crippen LogP contribution is 2.32. The third kappa shape index (κ3) is 12.2. The quantitative estimate of drug-likeness (QED) is 0.0866. The molecule has 6 heteroatoms. The molecule has 0 spiro atoms. The number of rotatable bonds is 19. The van der Waals surface area contributed by atoms with Gasteiger partial charge in [-0.2, -0.15) is 0 Å². The standard InChI is InChI=1S/C40H55N3O2.BrH/c1-5-6-7-8-9-10-11-12-13-14-15-20-27-45-38-28-33(24-25-36(38)40(2,3)4)29-39(44)41-37-23-17-16-21-34(37)30-42-31-35-22-18-19-26-43(35)32-42;/h16-19,21-26,28,31-32H,5-15,20,27,29-30H2,1-4H3;1H. The molecule has 5 nitrogen and oxygen atoms in total. The number of para-hydroxylation sites is 1. The van der Waals surface area contributed by atoms with Gasteiger partial charge in [0.25, 0.3) is 0 Å². The number of aromatic nitrogens is 2. The summed E-state index contributed by atoms with van der Waals surface area (Å²) in [6.07, 6.45) is 22.5. The summed E-state index contributed by atoms with van der Waals surface area (Å²) in [6.45, 7) is 10.3. The molecule has 0 bridgehead atoms. The van der Waals surface area contributed by atoms with Crippen LogP contribution in [0.5, 0.6) is 5.75 Å². The predicted octanol–water partition coefficient (Wildman–Crippen LogP) is 6.84. The molecular formula is C40H56BrN3O2. The molecule has 0 aliphatic rings. The van der Waals surface area contributed by atoms with Crippen LogP contribution in [0.2, 0.25) is 0 Å². The molecule has 0 fully saturated rings. The second-order valence-corrected chi connectivity index (χ2v) is 13.6. The highest BCUT2D eigenvalue weighted by atomic mass is 79.9. The first-order valence-electron chi connectivity index (χ1n) is 17.4. The number of carbonyl (C=O) groups is 1. The Morgan fingerprint density at radius 1 is 0.826 bits per heavy atom. The van der Waals surface area contributed by atoms with E-state index in [0.29, 0.717) is 13.0 Å². The van der Waals surface area contributed by atoms with Gasteiger partial charge in [-0.15, -0.1) is 0 Å². The number of anilines is 1. The van der Waals surface area contributed by atoms with Crippen LogP contribution in [0, 0.1) is 0 Å². The van der Waals surface area contributed by atoms with Crippen LogP contribution < -0.4 is 31.6 Å². The zero-order valence-electron chi connectivity index (χ0n) is 28.7. The smallest absolute Gasteiger partial charge is 0.249 e. The van der Waals surface area contributed by atoms with Crippen LogP contribution in [-0.4, -0.2) is 16.9 Å². The van der Waals surface area contributed by atoms with Crippen LogP contribution in [0.1, 0.15) is 121 Å². The van der Waals surface area contributed by atoms with Gasteiger partial charge in [0.2, 0.25) is 12.2 Å². The second-order valence-electron chi connectivity index (χ2n) is 13.6. The fourth-order valence-corrected chi connectivity index (χ4v) is 6.03. The van der Waals surface area contributed by atoms with Gasteiger partial charge in [-0.25, -0.2) is 8.97 Å². The van der Waals surface area contributed by atoms with Crippen LogP contribution >= 0.6 is 0 Å². The molecule has 4 rings (SSSR count). The van der Waals surface area contributed by atoms with Crippen molar-refractivity contribution in [2.24, 2.45) is 0 Å². The molecule has 0 saturated heterocycles. The predicted molar refractivity (Wildman–Crippen MR) is 187 cm³/mol. The molecule has 0 radical (unpaired) electrons. The lowest BCUT2D eigenvalue weighted by Gasteiger charge is -2.23. The van der Waals surface area contributed by atoms with E-state index < -0.39 is 0 Å². The van der Waals surface area contributed by atoms with Crippen molar-refractivity contribution >= 4 is 17.1 Å². The molecule has 0 aliphatic carbocycles. The Hall–Kier alpha value is -3.12. The van der Waals surface area contributed by atoms with Crippen molar-refractivity contribution in [1.29, 1.82) is 0 Å². The van der Waals surface area contributed by atoms with Crippen molar-refractivity contribution in [3.8, 4) is 5.75 Å². The van der Waals surface area contributed by atoms with Gasteiger partial charge in [-0.05, 0) is 47.2 Å². The molecule has 2 aromatic heterocycles. The van der Waals surface area contributed by atoms with E-state index in [9.17, 15) is 4.79 Å². The Bertz CT molecular complexity index is 1440. The molecule has 0 saturated carbocycles. The molecule has 4 aromatic rings. The lowest BCUT2D eigenvalue weighted by atomic mass is 9.85. The van der Waals surface area contributed by atoms with E-state index in [1.807, 2.05) is 36.5 Å². The molecule has 0 aliphatic heterocycles. The SMILES string of the molecule is CCCCCCCCCCCCCCOc1cc(CC(=O)Nc2ccccc2C[n+]2cc3ccccn3c2)ccc1C(C)(C)C.[Br-]. The number of carbonyl (C=O) groups excluding carboxylic acids is 1. The summed E-state index contributed by atoms with van der Waals surface area (Å²) in [6, 6.07) is 20.5. The van der Waals surface area contributed by atoms with Crippen LogP contribution in [0.15, 0.2) is 79.4 Å². The number of hydrogen-bond donors (Lipinski definition) is 1. The highest BCUT2D eigenvalue weighted by Gasteiger charge is 2.20. The number of hydrogen-bond acceptors (Lipinski definition) is 2. The van der Waals surface area contributed by atoms with Gasteiger partial charge in [0.1, 0.15) is 18.5 Å². The number of imidazole rings is 1. The number of ether oxygens (including phenoxy) is 1. The summed E-state index contributed by atoms with van der Waals surface area (Å²) >= 11 is 0. The van der Waals surface area contributed by atoms with E-state index in [1.165, 1.54) is 76.2 Å². The summed E-state index contributed by atoms with van der Waals surface area (Å²) in [5.74, 6) is 0.887. The van der Waals surface area contributed by atoms with Gasteiger partial charge in [0, 0.05) is 11.3 Å². The van der Waals surface area contributed by atoms with Crippen LogP contribution in [0.25, 0.3) is 5.52 Å². The summed E-state index contributed by atoms with van der Waals surface area (Å²) in [4.78, 5) is 13.2. The van der Waals surface area contributed by atoms with Gasteiger partial charge in [-0.1, -0.05) is 135 Å². The average Bonchev–Trinajstić information content (AvgIpc) is 3.42. The Balaban J connectivity index is 0.00000576. The van der Waals surface area contributed by atoms with Gasteiger partial charge >= 0.3 is 0 Å². The Kier molecular flexibility index (Phi) is 15.8. The van der Waals surface area contributed by atoms with E-state index in [4.69, 9.17) is 4.74 Å². The molecule has 1 N–H and O–H groups in total. The number of nitrogens with one attached hydrogen (secondary N) is 1. The average molecular weight is 691 g/mol. The van der Waals surface area contributed by atoms with Gasteiger partial charge in [0.05, 0.1) is 19.2 Å². The first-order chi connectivity index (χ1) is 21.8. The zero-order valence-corrected chi connectivity index (χ0v) is 30.3. The first kappa shape index (κ1) is 37.3. The van der Waals surface area contributed by atoms with Crippen molar-refractivity contribution in [1.82, 2.24) is 4.40 Å². The summed E-state index contributed by atoms with van der Waals surface area (Å²) in [5, 5.41) is 3.17. The lowest BCUT2D eigenvalue weighted by Crippen LogP contribution is -3.00. The van der Waals surface area contributed by atoms with Gasteiger partial charge in [-0.3, -0.25) is 4.79 Å². The van der Waals surface area contributed by atoms with E-state index in [2.05, 4.69) is 84.8 Å². The largest absolute Gasteiger partial charge is 1.00 e. The minimum Gasteiger partial charge on any atom is -1.00 e. The third-order valence-corrected chi connectivity index (χ3v) is 8.61. The summed E-state index contributed by atoms with van der Waals surface area (Å²) in [7, 11) is 0. The van der Waals surface area contributed by atoms with E-state index in [-0.39, 0.29) is 28.3 Å². The second kappa shape index (κ2) is 19.5. The van der Waals surface area contributed by atoms with Crippen molar-refractivity contribution < 1.29 is 31.1 Å². The molecule has 250 valence electrons. The normalized spacial score (nSPS) is 11.4. The topological polar surface area (TPSA) is 46.6 Å². The Morgan fingerprint density at radius 3 is 2.15 bits per heavy atom. The van der Waals surface area contributed by atoms with Crippen molar-refractivity contribution in [3.63, 3.8) is 0 Å². The number of benzene rings is 2. The molecule has 0 atom stereocenters. The Morgan fingerprint density at radius 2 is 1.48 bits per heavy atom. The van der Waals surface area contributed by atoms with Crippen LogP contribution in [0.4, 0.5) is 5.69 Å². The van der Waals surface area contributed by atoms with E-state index in [1.54, 1.807) is 0 Å². The maximum absolute atomic E-state index is 13.2. The number of nitrogens with zero attached hydrogens (tertiary/aromatic N) is 2. The van der Waals surface area contributed by atoms with Crippen LogP contribution in [-0.2, 0) is 23.2 Å². The first-order valence-corrected chi connectivity index (χ1v) is 17.4.